The average molecular weight is 364 g/mol. The second kappa shape index (κ2) is 7.39. The van der Waals surface area contributed by atoms with E-state index in [2.05, 4.69) is 0 Å². The number of aromatic hydroxyl groups is 1. The summed E-state index contributed by atoms with van der Waals surface area (Å²) < 4.78 is 29.8. The summed E-state index contributed by atoms with van der Waals surface area (Å²) >= 11 is 5.77. The Balaban J connectivity index is 2.33. The summed E-state index contributed by atoms with van der Waals surface area (Å²) in [7, 11) is -2.42. The molecule has 24 heavy (non-hydrogen) atoms. The van der Waals surface area contributed by atoms with Gasteiger partial charge in [-0.15, -0.1) is 0 Å². The van der Waals surface area contributed by atoms with Crippen LogP contribution in [0.25, 0.3) is 6.08 Å². The molecule has 124 valence electrons. The molecule has 2 rings (SSSR count). The molecule has 0 aliphatic heterocycles. The number of phenols is 1. The summed E-state index contributed by atoms with van der Waals surface area (Å²) in [4.78, 5) is -0.387. The first-order valence-electron chi connectivity index (χ1n) is 6.82. The van der Waals surface area contributed by atoms with Crippen molar-refractivity contribution in [3.63, 3.8) is 0 Å². The first-order valence-corrected chi connectivity index (χ1v) is 8.85. The molecule has 0 unspecified atom stereocenters. The first-order chi connectivity index (χ1) is 11.4. The Morgan fingerprint density at radius 2 is 1.96 bits per heavy atom. The van der Waals surface area contributed by atoms with Gasteiger partial charge in [-0.2, -0.15) is 5.26 Å². The van der Waals surface area contributed by atoms with E-state index in [0.29, 0.717) is 16.1 Å². The van der Waals surface area contributed by atoms with E-state index in [1.54, 1.807) is 36.4 Å². The lowest BCUT2D eigenvalue weighted by atomic mass is 10.2. The molecule has 2 aromatic carbocycles. The zero-order chi connectivity index (χ0) is 17.7. The Labute approximate surface area is 145 Å². The largest absolute Gasteiger partial charge is 0.504 e. The lowest BCUT2D eigenvalue weighted by Crippen LogP contribution is -2.06. The van der Waals surface area contributed by atoms with Crippen LogP contribution in [0, 0.1) is 11.3 Å². The van der Waals surface area contributed by atoms with Gasteiger partial charge < -0.3 is 9.84 Å². The molecule has 0 aromatic heterocycles. The molecule has 0 bridgehead atoms. The molecule has 0 heterocycles. The van der Waals surface area contributed by atoms with Crippen molar-refractivity contribution in [3.05, 3.63) is 63.5 Å². The maximum Gasteiger partial charge on any atom is 0.192 e. The first kappa shape index (κ1) is 17.9. The molecule has 2 aromatic rings. The minimum atomic E-state index is -3.82. The molecule has 0 fully saturated rings. The molecule has 1 N–H and O–H groups in total. The summed E-state index contributed by atoms with van der Waals surface area (Å²) in [5.41, 5.74) is 0.905. The van der Waals surface area contributed by atoms with Gasteiger partial charge in [0.2, 0.25) is 0 Å². The van der Waals surface area contributed by atoms with Crippen LogP contribution in [0.5, 0.6) is 11.5 Å². The van der Waals surface area contributed by atoms with Gasteiger partial charge in [0.15, 0.2) is 21.3 Å². The van der Waals surface area contributed by atoms with Crippen molar-refractivity contribution >= 4 is 27.5 Å². The molecule has 0 aliphatic carbocycles. The zero-order valence-corrected chi connectivity index (χ0v) is 14.3. The third kappa shape index (κ3) is 4.28. The van der Waals surface area contributed by atoms with Crippen molar-refractivity contribution in [3.8, 4) is 17.6 Å². The van der Waals surface area contributed by atoms with Crippen LogP contribution in [0.4, 0.5) is 0 Å². The van der Waals surface area contributed by atoms with Gasteiger partial charge in [0, 0.05) is 5.02 Å². The van der Waals surface area contributed by atoms with Crippen molar-refractivity contribution in [1.29, 1.82) is 5.26 Å². The molecule has 0 atom stereocenters. The lowest BCUT2D eigenvalue weighted by Gasteiger charge is -2.06. The van der Waals surface area contributed by atoms with Crippen molar-refractivity contribution in [2.45, 2.75) is 5.75 Å². The predicted octanol–water partition coefficient (Wildman–Crippen LogP) is 3.53. The predicted molar refractivity (Wildman–Crippen MR) is 92.3 cm³/mol. The number of methoxy groups -OCH3 is 1. The average Bonchev–Trinajstić information content (AvgIpc) is 2.54. The highest BCUT2D eigenvalue weighted by molar-refractivity contribution is 7.95. The summed E-state index contributed by atoms with van der Waals surface area (Å²) in [6.45, 7) is 0. The molecular formula is C17H14ClNO4S. The Morgan fingerprint density at radius 1 is 1.29 bits per heavy atom. The second-order valence-corrected chi connectivity index (χ2v) is 7.33. The molecule has 0 amide bonds. The van der Waals surface area contributed by atoms with Gasteiger partial charge in [-0.05, 0) is 41.5 Å². The topological polar surface area (TPSA) is 87.4 Å². The molecule has 0 saturated carbocycles. The van der Waals surface area contributed by atoms with Crippen molar-refractivity contribution < 1.29 is 18.3 Å². The maximum atomic E-state index is 12.4. The van der Waals surface area contributed by atoms with Gasteiger partial charge in [-0.3, -0.25) is 0 Å². The summed E-state index contributed by atoms with van der Waals surface area (Å²) in [6, 6.07) is 12.4. The molecular weight excluding hydrogens is 350 g/mol. The Bertz CT molecular complexity index is 913. The molecule has 5 nitrogen and oxygen atoms in total. The molecule has 0 saturated heterocycles. The fourth-order valence-corrected chi connectivity index (χ4v) is 3.39. The van der Waals surface area contributed by atoms with Crippen LogP contribution in [-0.2, 0) is 15.6 Å². The van der Waals surface area contributed by atoms with E-state index in [1.807, 2.05) is 0 Å². The highest BCUT2D eigenvalue weighted by Crippen LogP contribution is 2.28. The van der Waals surface area contributed by atoms with Gasteiger partial charge >= 0.3 is 0 Å². The van der Waals surface area contributed by atoms with Gasteiger partial charge in [0.1, 0.15) is 11.0 Å². The van der Waals surface area contributed by atoms with E-state index in [1.165, 1.54) is 25.3 Å². The number of hydrogen-bond donors (Lipinski definition) is 1. The number of halogens is 1. The van der Waals surface area contributed by atoms with Crippen LogP contribution in [0.1, 0.15) is 11.1 Å². The lowest BCUT2D eigenvalue weighted by molar-refractivity contribution is 0.373. The third-order valence-electron chi connectivity index (χ3n) is 3.22. The summed E-state index contributed by atoms with van der Waals surface area (Å²) in [5.74, 6) is -0.195. The van der Waals surface area contributed by atoms with Crippen LogP contribution in [0.15, 0.2) is 47.4 Å². The van der Waals surface area contributed by atoms with E-state index in [-0.39, 0.29) is 22.2 Å². The van der Waals surface area contributed by atoms with Gasteiger partial charge in [0.25, 0.3) is 0 Å². The van der Waals surface area contributed by atoms with Gasteiger partial charge in [-0.1, -0.05) is 29.8 Å². The van der Waals surface area contributed by atoms with E-state index >= 15 is 0 Å². The number of nitriles is 1. The van der Waals surface area contributed by atoms with Crippen LogP contribution < -0.4 is 4.74 Å². The molecule has 0 radical (unpaired) electrons. The normalized spacial score (nSPS) is 11.8. The van der Waals surface area contributed by atoms with E-state index in [9.17, 15) is 18.8 Å². The smallest absolute Gasteiger partial charge is 0.192 e. The number of rotatable bonds is 5. The Kier molecular flexibility index (Phi) is 5.50. The van der Waals surface area contributed by atoms with Gasteiger partial charge in [0.05, 0.1) is 12.9 Å². The number of allylic oxidation sites excluding steroid dienone is 1. The number of hydrogen-bond acceptors (Lipinski definition) is 5. The Hall–Kier alpha value is -2.49. The van der Waals surface area contributed by atoms with Crippen LogP contribution in [0.2, 0.25) is 5.02 Å². The highest BCUT2D eigenvalue weighted by Gasteiger charge is 2.19. The van der Waals surface area contributed by atoms with E-state index < -0.39 is 9.84 Å². The maximum absolute atomic E-state index is 12.4. The fourth-order valence-electron chi connectivity index (χ4n) is 2.02. The third-order valence-corrected chi connectivity index (χ3v) is 5.06. The number of benzene rings is 2. The number of nitrogens with zero attached hydrogens (tertiary/aromatic N) is 1. The molecule has 7 heteroatoms. The van der Waals surface area contributed by atoms with Crippen molar-refractivity contribution in [2.75, 3.05) is 7.11 Å². The minimum Gasteiger partial charge on any atom is -0.504 e. The fraction of sp³-hybridized carbons (Fsp3) is 0.118. The van der Waals surface area contributed by atoms with Crippen LogP contribution in [0.3, 0.4) is 0 Å². The monoisotopic (exact) mass is 363 g/mol. The summed E-state index contributed by atoms with van der Waals surface area (Å²) in [6.07, 6.45) is 1.21. The van der Waals surface area contributed by atoms with Crippen molar-refractivity contribution in [1.82, 2.24) is 0 Å². The van der Waals surface area contributed by atoms with E-state index in [4.69, 9.17) is 16.3 Å². The molecule has 0 aliphatic rings. The van der Waals surface area contributed by atoms with Crippen molar-refractivity contribution in [2.24, 2.45) is 0 Å². The number of phenolic OH excluding ortho intramolecular Hbond substituents is 1. The molecule has 0 spiro atoms. The van der Waals surface area contributed by atoms with E-state index in [0.717, 1.165) is 0 Å². The highest BCUT2D eigenvalue weighted by atomic mass is 35.5. The Morgan fingerprint density at radius 3 is 2.50 bits per heavy atom. The van der Waals surface area contributed by atoms with Crippen LogP contribution >= 0.6 is 11.6 Å². The SMILES string of the molecule is COc1ccc(/C=C(/C#N)S(=O)(=O)Cc2ccc(Cl)cc2)cc1O. The number of ether oxygens (including phenoxy) is 1. The standard InChI is InChI=1S/C17H14ClNO4S/c1-23-17-7-4-13(9-16(17)20)8-15(10-19)24(21,22)11-12-2-5-14(18)6-3-12/h2-9,20H,11H2,1H3/b15-8-. The van der Waals surface area contributed by atoms with Gasteiger partial charge in [-0.25, -0.2) is 8.42 Å². The number of sulfone groups is 1. The second-order valence-electron chi connectivity index (χ2n) is 4.94. The van der Waals surface area contributed by atoms with Crippen LogP contribution in [-0.4, -0.2) is 20.6 Å². The summed E-state index contributed by atoms with van der Waals surface area (Å²) in [5, 5.41) is 19.5. The zero-order valence-electron chi connectivity index (χ0n) is 12.7. The minimum absolute atomic E-state index is 0.140. The quantitative estimate of drug-likeness (QED) is 0.821.